The molecule has 8 nitrogen and oxygen atoms in total. The van der Waals surface area contributed by atoms with E-state index in [1.54, 1.807) is 0 Å². The molecule has 8 heteroatoms. The minimum atomic E-state index is 0.580. The van der Waals surface area contributed by atoms with Gasteiger partial charge in [0.2, 0.25) is 5.95 Å². The van der Waals surface area contributed by atoms with Crippen LogP contribution in [0.4, 0.5) is 17.6 Å². The summed E-state index contributed by atoms with van der Waals surface area (Å²) in [7, 11) is 0. The third-order valence-corrected chi connectivity index (χ3v) is 5.65. The van der Waals surface area contributed by atoms with Gasteiger partial charge in [-0.25, -0.2) is 15.0 Å². The molecular weight excluding hydrogens is 354 g/mol. The van der Waals surface area contributed by atoms with Gasteiger partial charge in [-0.05, 0) is 25.8 Å². The quantitative estimate of drug-likeness (QED) is 0.791. The normalized spacial score (nSPS) is 20.5. The van der Waals surface area contributed by atoms with Crippen molar-refractivity contribution in [1.29, 1.82) is 0 Å². The second-order valence-electron chi connectivity index (χ2n) is 7.79. The SMILES string of the molecule is Cc1cc(N2CCN(c3nccc(N4CCOCC4)n3)CC2)nc(C2CC2)n1. The van der Waals surface area contributed by atoms with Crippen LogP contribution >= 0.6 is 0 Å². The summed E-state index contributed by atoms with van der Waals surface area (Å²) in [5.41, 5.74) is 1.07. The number of hydrogen-bond acceptors (Lipinski definition) is 8. The first kappa shape index (κ1) is 17.6. The molecule has 148 valence electrons. The van der Waals surface area contributed by atoms with E-state index in [2.05, 4.69) is 37.7 Å². The maximum atomic E-state index is 5.45. The van der Waals surface area contributed by atoms with E-state index in [-0.39, 0.29) is 0 Å². The van der Waals surface area contributed by atoms with Crippen LogP contribution in [0.25, 0.3) is 0 Å². The number of aryl methyl sites for hydroxylation is 1. The van der Waals surface area contributed by atoms with Crippen molar-refractivity contribution in [3.8, 4) is 0 Å². The summed E-state index contributed by atoms with van der Waals surface area (Å²) in [6.45, 7) is 9.01. The molecule has 0 bridgehead atoms. The summed E-state index contributed by atoms with van der Waals surface area (Å²) in [5.74, 6) is 4.49. The summed E-state index contributed by atoms with van der Waals surface area (Å²) < 4.78 is 5.45. The van der Waals surface area contributed by atoms with Crippen LogP contribution in [0.3, 0.4) is 0 Å². The Morgan fingerprint density at radius 3 is 2.32 bits per heavy atom. The van der Waals surface area contributed by atoms with Gasteiger partial charge in [0, 0.05) is 63.1 Å². The lowest BCUT2D eigenvalue weighted by Gasteiger charge is -2.36. The van der Waals surface area contributed by atoms with E-state index in [1.807, 2.05) is 12.3 Å². The molecule has 2 aliphatic heterocycles. The number of nitrogens with zero attached hydrogens (tertiary/aromatic N) is 7. The van der Waals surface area contributed by atoms with E-state index < -0.39 is 0 Å². The highest BCUT2D eigenvalue weighted by atomic mass is 16.5. The number of morpholine rings is 1. The second kappa shape index (κ2) is 7.50. The van der Waals surface area contributed by atoms with Gasteiger partial charge in [-0.2, -0.15) is 4.98 Å². The first-order chi connectivity index (χ1) is 13.8. The number of hydrogen-bond donors (Lipinski definition) is 0. The van der Waals surface area contributed by atoms with Crippen molar-refractivity contribution in [3.63, 3.8) is 0 Å². The maximum absolute atomic E-state index is 5.45. The summed E-state index contributed by atoms with van der Waals surface area (Å²) in [4.78, 5) is 25.7. The lowest BCUT2D eigenvalue weighted by atomic mass is 10.3. The molecule has 2 saturated heterocycles. The zero-order valence-electron chi connectivity index (χ0n) is 16.4. The molecule has 2 aromatic rings. The largest absolute Gasteiger partial charge is 0.378 e. The zero-order chi connectivity index (χ0) is 18.9. The molecule has 0 aromatic carbocycles. The molecule has 4 heterocycles. The number of ether oxygens (including phenoxy) is 1. The number of rotatable bonds is 4. The number of anilines is 3. The predicted molar refractivity (Wildman–Crippen MR) is 108 cm³/mol. The fourth-order valence-corrected chi connectivity index (χ4v) is 3.86. The standard InChI is InChI=1S/C20H27N7O/c1-15-14-18(23-19(22-15)16-2-3-16)25-6-8-27(9-7-25)20-21-5-4-17(24-20)26-10-12-28-13-11-26/h4-5,14,16H,2-3,6-13H2,1H3. The Balaban J connectivity index is 1.26. The zero-order valence-corrected chi connectivity index (χ0v) is 16.4. The Labute approximate surface area is 165 Å². The van der Waals surface area contributed by atoms with E-state index in [0.717, 1.165) is 81.6 Å². The van der Waals surface area contributed by atoms with Crippen LogP contribution in [0.15, 0.2) is 18.3 Å². The van der Waals surface area contributed by atoms with Crippen LogP contribution in [0.2, 0.25) is 0 Å². The molecule has 0 unspecified atom stereocenters. The second-order valence-corrected chi connectivity index (χ2v) is 7.79. The summed E-state index contributed by atoms with van der Waals surface area (Å²) in [5, 5.41) is 0. The Hall–Kier alpha value is -2.48. The smallest absolute Gasteiger partial charge is 0.227 e. The molecule has 28 heavy (non-hydrogen) atoms. The molecule has 0 radical (unpaired) electrons. The van der Waals surface area contributed by atoms with Crippen LogP contribution in [0, 0.1) is 6.92 Å². The molecular formula is C20H27N7O. The molecule has 1 aliphatic carbocycles. The molecule has 0 spiro atoms. The highest BCUT2D eigenvalue weighted by Crippen LogP contribution is 2.38. The molecule has 0 N–H and O–H groups in total. The summed E-state index contributed by atoms with van der Waals surface area (Å²) >= 11 is 0. The van der Waals surface area contributed by atoms with Gasteiger partial charge in [-0.1, -0.05) is 0 Å². The fraction of sp³-hybridized carbons (Fsp3) is 0.600. The first-order valence-electron chi connectivity index (χ1n) is 10.3. The van der Waals surface area contributed by atoms with Crippen LogP contribution in [0.5, 0.6) is 0 Å². The van der Waals surface area contributed by atoms with Gasteiger partial charge >= 0.3 is 0 Å². The van der Waals surface area contributed by atoms with Crippen molar-refractivity contribution in [1.82, 2.24) is 19.9 Å². The Bertz CT molecular complexity index is 827. The fourth-order valence-electron chi connectivity index (χ4n) is 3.86. The van der Waals surface area contributed by atoms with Crippen LogP contribution in [0.1, 0.15) is 30.3 Å². The van der Waals surface area contributed by atoms with Gasteiger partial charge in [0.1, 0.15) is 17.5 Å². The highest BCUT2D eigenvalue weighted by molar-refractivity contribution is 5.47. The Morgan fingerprint density at radius 1 is 0.857 bits per heavy atom. The molecule has 5 rings (SSSR count). The first-order valence-corrected chi connectivity index (χ1v) is 10.3. The van der Waals surface area contributed by atoms with Crippen molar-refractivity contribution >= 4 is 17.6 Å². The average molecular weight is 381 g/mol. The van der Waals surface area contributed by atoms with E-state index in [0.29, 0.717) is 5.92 Å². The summed E-state index contributed by atoms with van der Waals surface area (Å²) in [6.07, 6.45) is 4.33. The van der Waals surface area contributed by atoms with Crippen LogP contribution in [-0.4, -0.2) is 72.4 Å². The minimum absolute atomic E-state index is 0.580. The van der Waals surface area contributed by atoms with Crippen molar-refractivity contribution in [3.05, 3.63) is 29.8 Å². The van der Waals surface area contributed by atoms with Gasteiger partial charge in [-0.15, -0.1) is 0 Å². The molecule has 3 fully saturated rings. The van der Waals surface area contributed by atoms with Crippen molar-refractivity contribution in [2.75, 3.05) is 67.2 Å². The van der Waals surface area contributed by atoms with Crippen molar-refractivity contribution < 1.29 is 4.74 Å². The highest BCUT2D eigenvalue weighted by Gasteiger charge is 2.28. The van der Waals surface area contributed by atoms with Gasteiger partial charge in [0.15, 0.2) is 0 Å². The molecule has 3 aliphatic rings. The van der Waals surface area contributed by atoms with E-state index in [4.69, 9.17) is 14.7 Å². The van der Waals surface area contributed by atoms with E-state index >= 15 is 0 Å². The topological polar surface area (TPSA) is 70.5 Å². The molecule has 1 saturated carbocycles. The van der Waals surface area contributed by atoms with Gasteiger partial charge in [0.05, 0.1) is 13.2 Å². The molecule has 2 aromatic heterocycles. The van der Waals surface area contributed by atoms with Crippen molar-refractivity contribution in [2.24, 2.45) is 0 Å². The maximum Gasteiger partial charge on any atom is 0.227 e. The predicted octanol–water partition coefficient (Wildman–Crippen LogP) is 1.62. The van der Waals surface area contributed by atoms with E-state index in [9.17, 15) is 0 Å². The third kappa shape index (κ3) is 3.73. The number of aromatic nitrogens is 4. The lowest BCUT2D eigenvalue weighted by molar-refractivity contribution is 0.122. The minimum Gasteiger partial charge on any atom is -0.378 e. The summed E-state index contributed by atoms with van der Waals surface area (Å²) in [6, 6.07) is 4.10. The van der Waals surface area contributed by atoms with Crippen LogP contribution < -0.4 is 14.7 Å². The monoisotopic (exact) mass is 381 g/mol. The van der Waals surface area contributed by atoms with Gasteiger partial charge < -0.3 is 19.4 Å². The van der Waals surface area contributed by atoms with Gasteiger partial charge in [0.25, 0.3) is 0 Å². The van der Waals surface area contributed by atoms with Crippen LogP contribution in [-0.2, 0) is 4.74 Å². The van der Waals surface area contributed by atoms with Crippen molar-refractivity contribution in [2.45, 2.75) is 25.7 Å². The number of piperazine rings is 1. The van der Waals surface area contributed by atoms with E-state index in [1.165, 1.54) is 12.8 Å². The van der Waals surface area contributed by atoms with Gasteiger partial charge in [-0.3, -0.25) is 0 Å². The average Bonchev–Trinajstić information content (AvgIpc) is 3.60. The third-order valence-electron chi connectivity index (χ3n) is 5.65. The lowest BCUT2D eigenvalue weighted by Crippen LogP contribution is -2.47. The molecule has 0 atom stereocenters. The molecule has 0 amide bonds. The Kier molecular flexibility index (Phi) is 4.72. The Morgan fingerprint density at radius 2 is 1.57 bits per heavy atom.